The van der Waals surface area contributed by atoms with E-state index in [-0.39, 0.29) is 23.1 Å². The Morgan fingerprint density at radius 3 is 2.59 bits per heavy atom. The first-order valence-corrected chi connectivity index (χ1v) is 9.37. The Hall–Kier alpha value is -3.08. The standard InChI is InChI=1S/C22H22N2O3/c25-21-17(12-13-18(23-21)16-8-3-1-4-9-16)22(26)24-14-6-2-5-10-19(24)20-11-7-15-27-20/h1,3-4,7-9,11-13,15,19H,2,5-6,10,14H2,(H,23,25)/t19-/m0/s1. The van der Waals surface area contributed by atoms with Crippen LogP contribution in [0.4, 0.5) is 0 Å². The van der Waals surface area contributed by atoms with Gasteiger partial charge in [0, 0.05) is 12.2 Å². The fourth-order valence-electron chi connectivity index (χ4n) is 3.71. The number of pyridine rings is 1. The van der Waals surface area contributed by atoms with Crippen LogP contribution in [0, 0.1) is 0 Å². The molecule has 2 aromatic heterocycles. The third-order valence-electron chi connectivity index (χ3n) is 5.11. The Bertz CT molecular complexity index is 961. The van der Waals surface area contributed by atoms with Gasteiger partial charge in [-0.25, -0.2) is 0 Å². The van der Waals surface area contributed by atoms with Crippen LogP contribution in [-0.4, -0.2) is 22.3 Å². The molecule has 0 saturated carbocycles. The summed E-state index contributed by atoms with van der Waals surface area (Å²) in [4.78, 5) is 30.5. The van der Waals surface area contributed by atoms with E-state index in [4.69, 9.17) is 4.42 Å². The highest BCUT2D eigenvalue weighted by Crippen LogP contribution is 2.31. The van der Waals surface area contributed by atoms with Crippen LogP contribution < -0.4 is 5.56 Å². The van der Waals surface area contributed by atoms with Gasteiger partial charge in [-0.05, 0) is 42.7 Å². The lowest BCUT2D eigenvalue weighted by atomic mass is 10.1. The van der Waals surface area contributed by atoms with E-state index in [2.05, 4.69) is 4.98 Å². The van der Waals surface area contributed by atoms with Crippen molar-refractivity contribution < 1.29 is 9.21 Å². The number of benzene rings is 1. The molecule has 0 radical (unpaired) electrons. The molecule has 1 atom stereocenters. The Labute approximate surface area is 157 Å². The van der Waals surface area contributed by atoms with Gasteiger partial charge in [0.25, 0.3) is 11.5 Å². The van der Waals surface area contributed by atoms with Gasteiger partial charge in [0.1, 0.15) is 11.3 Å². The van der Waals surface area contributed by atoms with Gasteiger partial charge in [-0.3, -0.25) is 9.59 Å². The fraction of sp³-hybridized carbons (Fsp3) is 0.273. The molecule has 5 nitrogen and oxygen atoms in total. The molecule has 4 rings (SSSR count). The minimum absolute atomic E-state index is 0.122. The molecule has 0 bridgehead atoms. The molecule has 1 fully saturated rings. The molecule has 0 spiro atoms. The molecule has 3 heterocycles. The van der Waals surface area contributed by atoms with E-state index in [0.29, 0.717) is 12.2 Å². The maximum absolute atomic E-state index is 13.2. The number of nitrogens with zero attached hydrogens (tertiary/aromatic N) is 1. The SMILES string of the molecule is O=C(c1ccc(-c2ccccc2)[nH]c1=O)N1CCCCC[C@H]1c1ccco1. The number of H-pyrrole nitrogens is 1. The van der Waals surface area contributed by atoms with Gasteiger partial charge in [-0.15, -0.1) is 0 Å². The molecular formula is C22H22N2O3. The molecule has 1 aliphatic heterocycles. The van der Waals surface area contributed by atoms with Gasteiger partial charge < -0.3 is 14.3 Å². The number of carbonyl (C=O) groups excluding carboxylic acids is 1. The van der Waals surface area contributed by atoms with Crippen LogP contribution in [-0.2, 0) is 0 Å². The topological polar surface area (TPSA) is 66.3 Å². The molecule has 1 aliphatic rings. The van der Waals surface area contributed by atoms with Crippen LogP contribution in [0.15, 0.2) is 70.1 Å². The molecule has 0 aliphatic carbocycles. The molecule has 1 N–H and O–H groups in total. The van der Waals surface area contributed by atoms with E-state index in [1.54, 1.807) is 23.3 Å². The zero-order valence-electron chi connectivity index (χ0n) is 15.1. The number of rotatable bonds is 3. The van der Waals surface area contributed by atoms with Crippen molar-refractivity contribution in [3.05, 3.63) is 82.5 Å². The number of likely N-dealkylation sites (tertiary alicyclic amines) is 1. The van der Waals surface area contributed by atoms with Gasteiger partial charge in [0.15, 0.2) is 0 Å². The molecule has 1 aromatic carbocycles. The van der Waals surface area contributed by atoms with Crippen LogP contribution in [0.25, 0.3) is 11.3 Å². The number of hydrogen-bond acceptors (Lipinski definition) is 3. The van der Waals surface area contributed by atoms with Crippen molar-refractivity contribution in [3.8, 4) is 11.3 Å². The number of carbonyl (C=O) groups is 1. The summed E-state index contributed by atoms with van der Waals surface area (Å²) in [5.41, 5.74) is 1.43. The Balaban J connectivity index is 1.65. The Kier molecular flexibility index (Phi) is 4.92. The zero-order valence-corrected chi connectivity index (χ0v) is 15.1. The number of aromatic amines is 1. The molecule has 0 unspecified atom stereocenters. The molecule has 3 aromatic rings. The van der Waals surface area contributed by atoms with Crippen LogP contribution in [0.3, 0.4) is 0 Å². The highest BCUT2D eigenvalue weighted by molar-refractivity contribution is 5.94. The summed E-state index contributed by atoms with van der Waals surface area (Å²) in [7, 11) is 0. The zero-order chi connectivity index (χ0) is 18.6. The summed E-state index contributed by atoms with van der Waals surface area (Å²) in [6.45, 7) is 0.629. The second-order valence-electron chi connectivity index (χ2n) is 6.86. The van der Waals surface area contributed by atoms with Crippen LogP contribution in [0.1, 0.15) is 47.8 Å². The van der Waals surface area contributed by atoms with E-state index in [0.717, 1.165) is 37.0 Å². The number of hydrogen-bond donors (Lipinski definition) is 1. The van der Waals surface area contributed by atoms with Crippen LogP contribution in [0.2, 0.25) is 0 Å². The smallest absolute Gasteiger partial charge is 0.261 e. The lowest BCUT2D eigenvalue weighted by molar-refractivity contribution is 0.0656. The predicted molar refractivity (Wildman–Crippen MR) is 103 cm³/mol. The molecular weight excluding hydrogens is 340 g/mol. The molecule has 27 heavy (non-hydrogen) atoms. The van der Waals surface area contributed by atoms with Gasteiger partial charge in [-0.2, -0.15) is 0 Å². The van der Waals surface area contributed by atoms with Crippen molar-refractivity contribution in [2.75, 3.05) is 6.54 Å². The first-order valence-electron chi connectivity index (χ1n) is 9.37. The average molecular weight is 362 g/mol. The predicted octanol–water partition coefficient (Wildman–Crippen LogP) is 4.39. The quantitative estimate of drug-likeness (QED) is 0.751. The van der Waals surface area contributed by atoms with E-state index < -0.39 is 0 Å². The second kappa shape index (κ2) is 7.66. The third-order valence-corrected chi connectivity index (χ3v) is 5.11. The first-order chi connectivity index (χ1) is 13.2. The monoisotopic (exact) mass is 362 g/mol. The van der Waals surface area contributed by atoms with Crippen molar-refractivity contribution >= 4 is 5.91 Å². The van der Waals surface area contributed by atoms with Crippen LogP contribution >= 0.6 is 0 Å². The molecule has 138 valence electrons. The average Bonchev–Trinajstić information content (AvgIpc) is 3.12. The maximum atomic E-state index is 13.2. The highest BCUT2D eigenvalue weighted by Gasteiger charge is 2.30. The Morgan fingerprint density at radius 2 is 1.85 bits per heavy atom. The summed E-state index contributed by atoms with van der Waals surface area (Å²) < 4.78 is 5.57. The normalized spacial score (nSPS) is 17.5. The summed E-state index contributed by atoms with van der Waals surface area (Å²) in [5, 5.41) is 0. The lowest BCUT2D eigenvalue weighted by Crippen LogP contribution is -2.37. The maximum Gasteiger partial charge on any atom is 0.261 e. The summed E-state index contributed by atoms with van der Waals surface area (Å²) >= 11 is 0. The van der Waals surface area contributed by atoms with Crippen molar-refractivity contribution in [1.29, 1.82) is 0 Å². The van der Waals surface area contributed by atoms with Crippen molar-refractivity contribution in [1.82, 2.24) is 9.88 Å². The van der Waals surface area contributed by atoms with E-state index in [1.165, 1.54) is 0 Å². The molecule has 5 heteroatoms. The van der Waals surface area contributed by atoms with Crippen molar-refractivity contribution in [2.24, 2.45) is 0 Å². The number of furan rings is 1. The van der Waals surface area contributed by atoms with E-state index in [1.807, 2.05) is 42.5 Å². The fourth-order valence-corrected chi connectivity index (χ4v) is 3.71. The van der Waals surface area contributed by atoms with Crippen molar-refractivity contribution in [3.63, 3.8) is 0 Å². The Morgan fingerprint density at radius 1 is 1.00 bits per heavy atom. The lowest BCUT2D eigenvalue weighted by Gasteiger charge is -2.28. The second-order valence-corrected chi connectivity index (χ2v) is 6.86. The summed E-state index contributed by atoms with van der Waals surface area (Å²) in [6, 6.07) is 16.6. The minimum Gasteiger partial charge on any atom is -0.467 e. The number of nitrogens with one attached hydrogen (secondary N) is 1. The van der Waals surface area contributed by atoms with Gasteiger partial charge in [0.05, 0.1) is 12.3 Å². The van der Waals surface area contributed by atoms with Crippen molar-refractivity contribution in [2.45, 2.75) is 31.7 Å². The first kappa shape index (κ1) is 17.3. The number of aromatic nitrogens is 1. The van der Waals surface area contributed by atoms with E-state index in [9.17, 15) is 9.59 Å². The van der Waals surface area contributed by atoms with Gasteiger partial charge in [0.2, 0.25) is 0 Å². The van der Waals surface area contributed by atoms with E-state index >= 15 is 0 Å². The third kappa shape index (κ3) is 3.58. The van der Waals surface area contributed by atoms with Gasteiger partial charge in [-0.1, -0.05) is 43.2 Å². The molecule has 1 saturated heterocycles. The molecule has 1 amide bonds. The van der Waals surface area contributed by atoms with Crippen LogP contribution in [0.5, 0.6) is 0 Å². The number of amides is 1. The largest absolute Gasteiger partial charge is 0.467 e. The minimum atomic E-state index is -0.358. The summed E-state index contributed by atoms with van der Waals surface area (Å²) in [6.07, 6.45) is 5.52. The summed E-state index contributed by atoms with van der Waals surface area (Å²) in [5.74, 6) is 0.543. The van der Waals surface area contributed by atoms with Gasteiger partial charge >= 0.3 is 0 Å². The highest BCUT2D eigenvalue weighted by atomic mass is 16.3.